The van der Waals surface area contributed by atoms with Crippen molar-refractivity contribution in [3.8, 4) is 0 Å². The van der Waals surface area contributed by atoms with Crippen molar-refractivity contribution in [1.82, 2.24) is 0 Å². The zero-order chi connectivity index (χ0) is 25.5. The van der Waals surface area contributed by atoms with Crippen LogP contribution in [0.15, 0.2) is 11.6 Å². The largest absolute Gasteiger partial charge is 0.460 e. The first-order valence-electron chi connectivity index (χ1n) is 13.7. The van der Waals surface area contributed by atoms with E-state index in [1.807, 2.05) is 6.92 Å². The third-order valence-electron chi connectivity index (χ3n) is 9.58. The number of hydrogen-bond acceptors (Lipinski definition) is 5. The molecule has 2 aliphatic heterocycles. The lowest BCUT2D eigenvalue weighted by atomic mass is 9.62. The Bertz CT molecular complexity index is 750. The fourth-order valence-electron chi connectivity index (χ4n) is 7.31. The first-order chi connectivity index (χ1) is 15.8. The summed E-state index contributed by atoms with van der Waals surface area (Å²) in [5.41, 5.74) is -0.252. The summed E-state index contributed by atoms with van der Waals surface area (Å²) in [5, 5.41) is 11.6. The second-order valence-corrected chi connectivity index (χ2v) is 16.8. The maximum Gasteiger partial charge on any atom is 0.303 e. The number of esters is 1. The summed E-state index contributed by atoms with van der Waals surface area (Å²) in [5.74, 6) is 1.37. The predicted molar refractivity (Wildman–Crippen MR) is 139 cm³/mol. The van der Waals surface area contributed by atoms with E-state index in [1.165, 1.54) is 12.5 Å². The highest BCUT2D eigenvalue weighted by Gasteiger charge is 2.60. The molecule has 0 unspecified atom stereocenters. The zero-order valence-corrected chi connectivity index (χ0v) is 24.1. The third-order valence-corrected chi connectivity index (χ3v) is 14.3. The third kappa shape index (κ3) is 5.21. The highest BCUT2D eigenvalue weighted by Crippen LogP contribution is 2.55. The predicted octanol–water partition coefficient (Wildman–Crippen LogP) is 6.26. The van der Waals surface area contributed by atoms with Gasteiger partial charge in [0, 0.05) is 25.2 Å². The zero-order valence-electron chi connectivity index (χ0n) is 23.1. The average Bonchev–Trinajstić information content (AvgIpc) is 3.15. The summed E-state index contributed by atoms with van der Waals surface area (Å²) in [6.45, 7) is 19.2. The van der Waals surface area contributed by atoms with Crippen molar-refractivity contribution in [2.45, 2.75) is 136 Å². The SMILES string of the molecule is CC[Si](CC)(CC)O[C@]1(C)CC[C@H](OC(C)=O)[C@@](C)(O)C[C@H]2O[C@@H]1[C@H]1[C@@H]2C(C)=CC[C@@H]1C(C)C. The van der Waals surface area contributed by atoms with Crippen LogP contribution in [0.2, 0.25) is 18.1 Å². The first-order valence-corrected chi connectivity index (χ1v) is 16.3. The molecule has 3 rings (SSSR count). The van der Waals surface area contributed by atoms with Gasteiger partial charge in [-0.2, -0.15) is 0 Å². The molecule has 2 saturated heterocycles. The van der Waals surface area contributed by atoms with Gasteiger partial charge in [0.2, 0.25) is 0 Å². The van der Waals surface area contributed by atoms with E-state index in [9.17, 15) is 9.90 Å². The molecule has 2 heterocycles. The maximum atomic E-state index is 12.0. The molecule has 34 heavy (non-hydrogen) atoms. The number of hydrogen-bond donors (Lipinski definition) is 1. The molecule has 6 heteroatoms. The minimum absolute atomic E-state index is 0.0260. The van der Waals surface area contributed by atoms with Crippen molar-refractivity contribution in [1.29, 1.82) is 0 Å². The van der Waals surface area contributed by atoms with Crippen LogP contribution >= 0.6 is 0 Å². The Balaban J connectivity index is 2.13. The lowest BCUT2D eigenvalue weighted by Gasteiger charge is -2.49. The molecule has 196 valence electrons. The highest BCUT2D eigenvalue weighted by atomic mass is 28.4. The molecule has 0 aromatic heterocycles. The number of fused-ring (bicyclic) bond motifs is 5. The summed E-state index contributed by atoms with van der Waals surface area (Å²) in [6, 6.07) is 3.24. The Morgan fingerprint density at radius 1 is 1.24 bits per heavy atom. The molecule has 0 amide bonds. The molecule has 0 saturated carbocycles. The summed E-state index contributed by atoms with van der Waals surface area (Å²) >= 11 is 0. The number of allylic oxidation sites excluding steroid dienone is 1. The van der Waals surface area contributed by atoms with E-state index >= 15 is 0 Å². The number of aliphatic hydroxyl groups is 1. The Hall–Kier alpha value is -0.693. The number of carbonyl (C=O) groups is 1. The van der Waals surface area contributed by atoms with E-state index in [4.69, 9.17) is 13.9 Å². The quantitative estimate of drug-likeness (QED) is 0.257. The lowest BCUT2D eigenvalue weighted by molar-refractivity contribution is -0.165. The van der Waals surface area contributed by atoms with Gasteiger partial charge >= 0.3 is 5.97 Å². The van der Waals surface area contributed by atoms with Gasteiger partial charge in [0.15, 0.2) is 8.32 Å². The molecule has 5 nitrogen and oxygen atoms in total. The van der Waals surface area contributed by atoms with Crippen molar-refractivity contribution < 1.29 is 23.8 Å². The fourth-order valence-corrected chi connectivity index (χ4v) is 10.5. The molecular weight excluding hydrogens is 444 g/mol. The molecular formula is C28H50O5Si. The molecule has 3 aliphatic rings. The van der Waals surface area contributed by atoms with Gasteiger partial charge in [-0.15, -0.1) is 0 Å². The smallest absolute Gasteiger partial charge is 0.303 e. The second-order valence-electron chi connectivity index (χ2n) is 12.1. The van der Waals surface area contributed by atoms with Gasteiger partial charge in [-0.1, -0.05) is 46.3 Å². The standard InChI is InChI=1S/C28H50O5Si/c1-10-34(11-2,12-3)33-28(9)16-15-23(31-20(7)29)27(8,30)17-22-24-19(6)13-14-21(18(4)5)25(24)26(28)32-22/h13,18,21-26,30H,10-12,14-17H2,1-9H3/t21-,22-,23+,24-,25-,26-,27+,28-/m1/s1. The molecule has 1 aliphatic carbocycles. The van der Waals surface area contributed by atoms with Gasteiger partial charge < -0.3 is 19.0 Å². The van der Waals surface area contributed by atoms with E-state index < -0.39 is 25.6 Å². The second kappa shape index (κ2) is 10.4. The van der Waals surface area contributed by atoms with Gasteiger partial charge in [-0.25, -0.2) is 0 Å². The average molecular weight is 495 g/mol. The molecule has 0 spiro atoms. The molecule has 2 bridgehead atoms. The number of carbonyl (C=O) groups excluding carboxylic acids is 1. The van der Waals surface area contributed by atoms with Crippen LogP contribution in [-0.2, 0) is 18.7 Å². The Labute approximate surface area is 209 Å². The van der Waals surface area contributed by atoms with Gasteiger partial charge in [-0.05, 0) is 70.0 Å². The van der Waals surface area contributed by atoms with E-state index in [2.05, 4.69) is 54.5 Å². The summed E-state index contributed by atoms with van der Waals surface area (Å²) in [7, 11) is -1.95. The molecule has 1 N–H and O–H groups in total. The highest BCUT2D eigenvalue weighted by molar-refractivity contribution is 6.73. The van der Waals surface area contributed by atoms with Gasteiger partial charge in [-0.3, -0.25) is 4.79 Å². The van der Waals surface area contributed by atoms with Crippen LogP contribution < -0.4 is 0 Å². The summed E-state index contributed by atoms with van der Waals surface area (Å²) in [6.07, 6.45) is 4.54. The van der Waals surface area contributed by atoms with E-state index in [1.54, 1.807) is 0 Å². The maximum absolute atomic E-state index is 12.0. The number of ether oxygens (including phenoxy) is 2. The van der Waals surface area contributed by atoms with Crippen LogP contribution in [0.4, 0.5) is 0 Å². The molecule has 0 radical (unpaired) electrons. The van der Waals surface area contributed by atoms with Crippen molar-refractivity contribution in [2.24, 2.45) is 23.7 Å². The van der Waals surface area contributed by atoms with E-state index in [0.29, 0.717) is 37.0 Å². The Morgan fingerprint density at radius 3 is 2.38 bits per heavy atom. The molecule has 0 aromatic carbocycles. The van der Waals surface area contributed by atoms with Crippen molar-refractivity contribution in [3.63, 3.8) is 0 Å². The van der Waals surface area contributed by atoms with Crippen LogP contribution in [0.5, 0.6) is 0 Å². The van der Waals surface area contributed by atoms with Crippen molar-refractivity contribution >= 4 is 14.3 Å². The summed E-state index contributed by atoms with van der Waals surface area (Å²) in [4.78, 5) is 12.0. The van der Waals surface area contributed by atoms with Gasteiger partial charge in [0.05, 0.1) is 17.8 Å². The Morgan fingerprint density at radius 2 is 1.85 bits per heavy atom. The van der Waals surface area contributed by atoms with Crippen molar-refractivity contribution in [3.05, 3.63) is 11.6 Å². The van der Waals surface area contributed by atoms with Crippen LogP contribution in [-0.4, -0.2) is 48.9 Å². The van der Waals surface area contributed by atoms with Crippen LogP contribution in [0.25, 0.3) is 0 Å². The van der Waals surface area contributed by atoms with E-state index in [0.717, 1.165) is 24.6 Å². The summed E-state index contributed by atoms with van der Waals surface area (Å²) < 4.78 is 20.1. The molecule has 0 aromatic rings. The molecule has 2 fully saturated rings. The van der Waals surface area contributed by atoms with Crippen molar-refractivity contribution in [2.75, 3.05) is 0 Å². The Kier molecular flexibility index (Phi) is 8.49. The minimum atomic E-state index is -1.95. The topological polar surface area (TPSA) is 65.0 Å². The monoisotopic (exact) mass is 494 g/mol. The minimum Gasteiger partial charge on any atom is -0.460 e. The van der Waals surface area contributed by atoms with Gasteiger partial charge in [0.1, 0.15) is 11.7 Å². The first kappa shape index (κ1) is 27.9. The van der Waals surface area contributed by atoms with Crippen LogP contribution in [0.3, 0.4) is 0 Å². The molecule has 8 atom stereocenters. The van der Waals surface area contributed by atoms with Crippen LogP contribution in [0, 0.1) is 23.7 Å². The lowest BCUT2D eigenvalue weighted by Crippen LogP contribution is -2.56. The van der Waals surface area contributed by atoms with Crippen LogP contribution in [0.1, 0.15) is 88.0 Å². The number of rotatable bonds is 7. The van der Waals surface area contributed by atoms with E-state index in [-0.39, 0.29) is 24.1 Å². The fraction of sp³-hybridized carbons (Fsp3) is 0.893. The van der Waals surface area contributed by atoms with Gasteiger partial charge in [0.25, 0.3) is 0 Å². The normalized spacial score (nSPS) is 40.7.